The highest BCUT2D eigenvalue weighted by atomic mass is 16.6. The van der Waals surface area contributed by atoms with Crippen LogP contribution in [0, 0.1) is 0 Å². The first-order valence-corrected chi connectivity index (χ1v) is 3.76. The van der Waals surface area contributed by atoms with Crippen LogP contribution >= 0.6 is 0 Å². The maximum absolute atomic E-state index is 8.49. The number of likely N-dealkylation sites (N-methyl/N-ethyl adjacent to an activating group) is 1. The van der Waals surface area contributed by atoms with Gasteiger partial charge in [-0.05, 0) is 14.1 Å². The van der Waals surface area contributed by atoms with Crippen molar-refractivity contribution in [3.63, 3.8) is 0 Å². The third-order valence-corrected chi connectivity index (χ3v) is 1.27. The fourth-order valence-corrected chi connectivity index (χ4v) is 0.850. The molecule has 0 amide bonds. The largest absolute Gasteiger partial charge is 0.371 e. The van der Waals surface area contributed by atoms with Gasteiger partial charge in [0.15, 0.2) is 0 Å². The van der Waals surface area contributed by atoms with Crippen LogP contribution in [0.4, 0.5) is 0 Å². The maximum Gasteiger partial charge on any atom is 0.144 e. The predicted molar refractivity (Wildman–Crippen MR) is 43.6 cm³/mol. The molecule has 5 nitrogen and oxygen atoms in total. The molecule has 2 N–H and O–H groups in total. The smallest absolute Gasteiger partial charge is 0.144 e. The molecule has 0 saturated carbocycles. The number of ether oxygens (including phenoxy) is 2. The minimum absolute atomic E-state index is 0.197. The van der Waals surface area contributed by atoms with Gasteiger partial charge in [0.05, 0.1) is 12.7 Å². The lowest BCUT2D eigenvalue weighted by Gasteiger charge is -2.19. The Hall–Kier alpha value is -0.200. The summed E-state index contributed by atoms with van der Waals surface area (Å²) < 4.78 is 9.67. The summed E-state index contributed by atoms with van der Waals surface area (Å²) >= 11 is 0. The summed E-state index contributed by atoms with van der Waals surface area (Å²) in [6, 6.07) is 0. The second kappa shape index (κ2) is 7.45. The molecule has 0 saturated heterocycles. The molecule has 0 radical (unpaired) electrons. The van der Waals surface area contributed by atoms with Gasteiger partial charge >= 0.3 is 0 Å². The first-order chi connectivity index (χ1) is 5.70. The molecular weight excluding hydrogens is 162 g/mol. The fraction of sp³-hybridized carbons (Fsp3) is 1.00. The number of nitrogens with zero attached hydrogens (tertiary/aromatic N) is 1. The first kappa shape index (κ1) is 11.8. The van der Waals surface area contributed by atoms with Crippen molar-refractivity contribution in [1.82, 2.24) is 4.90 Å². The standard InChI is InChI=1S/C7H17NO4/c1-8(2)3-7(12-6-10)4-11-5-9/h7,9-10H,3-6H2,1-2H3. The zero-order valence-corrected chi connectivity index (χ0v) is 7.56. The second-order valence-corrected chi connectivity index (χ2v) is 2.68. The summed E-state index contributed by atoms with van der Waals surface area (Å²) in [6.45, 7) is 0.293. The molecule has 1 unspecified atom stereocenters. The highest BCUT2D eigenvalue weighted by Gasteiger charge is 2.09. The van der Waals surface area contributed by atoms with Gasteiger partial charge < -0.3 is 24.6 Å². The van der Waals surface area contributed by atoms with Crippen molar-refractivity contribution >= 4 is 0 Å². The van der Waals surface area contributed by atoms with E-state index in [1.807, 2.05) is 19.0 Å². The molecule has 0 fully saturated rings. The van der Waals surface area contributed by atoms with Gasteiger partial charge in [-0.1, -0.05) is 0 Å². The molecule has 0 aliphatic carbocycles. The molecule has 0 heterocycles. The molecule has 0 aromatic rings. The third kappa shape index (κ3) is 6.51. The summed E-state index contributed by atoms with van der Waals surface area (Å²) in [5.74, 6) is 0. The van der Waals surface area contributed by atoms with E-state index in [0.29, 0.717) is 6.54 Å². The van der Waals surface area contributed by atoms with E-state index in [1.54, 1.807) is 0 Å². The van der Waals surface area contributed by atoms with E-state index in [2.05, 4.69) is 0 Å². The fourth-order valence-electron chi connectivity index (χ4n) is 0.850. The average molecular weight is 179 g/mol. The van der Waals surface area contributed by atoms with Crippen molar-refractivity contribution < 1.29 is 19.7 Å². The Labute approximate surface area is 72.5 Å². The van der Waals surface area contributed by atoms with E-state index >= 15 is 0 Å². The topological polar surface area (TPSA) is 62.2 Å². The summed E-state index contributed by atoms with van der Waals surface area (Å²) in [5.41, 5.74) is 0. The van der Waals surface area contributed by atoms with Crippen LogP contribution in [-0.4, -0.2) is 62.0 Å². The Morgan fingerprint density at radius 1 is 1.25 bits per heavy atom. The molecule has 12 heavy (non-hydrogen) atoms. The van der Waals surface area contributed by atoms with Crippen LogP contribution in [0.3, 0.4) is 0 Å². The van der Waals surface area contributed by atoms with Gasteiger partial charge in [0, 0.05) is 6.54 Å². The predicted octanol–water partition coefficient (Wildman–Crippen LogP) is -1.15. The van der Waals surface area contributed by atoms with Crippen molar-refractivity contribution in [2.24, 2.45) is 0 Å². The molecule has 0 bridgehead atoms. The number of hydrogen-bond donors (Lipinski definition) is 2. The maximum atomic E-state index is 8.49. The van der Waals surface area contributed by atoms with Crippen molar-refractivity contribution in [3.8, 4) is 0 Å². The van der Waals surface area contributed by atoms with Crippen molar-refractivity contribution in [2.45, 2.75) is 6.10 Å². The molecule has 0 aromatic carbocycles. The van der Waals surface area contributed by atoms with E-state index in [9.17, 15) is 0 Å². The Morgan fingerprint density at radius 2 is 1.92 bits per heavy atom. The zero-order valence-electron chi connectivity index (χ0n) is 7.56. The lowest BCUT2D eigenvalue weighted by Crippen LogP contribution is -2.32. The van der Waals surface area contributed by atoms with E-state index in [1.165, 1.54) is 0 Å². The van der Waals surface area contributed by atoms with Crippen LogP contribution in [0.15, 0.2) is 0 Å². The molecule has 1 atom stereocenters. The Balaban J connectivity index is 3.54. The van der Waals surface area contributed by atoms with Crippen LogP contribution in [0.5, 0.6) is 0 Å². The minimum Gasteiger partial charge on any atom is -0.371 e. The zero-order chi connectivity index (χ0) is 9.40. The van der Waals surface area contributed by atoms with Crippen molar-refractivity contribution in [1.29, 1.82) is 0 Å². The Morgan fingerprint density at radius 3 is 2.33 bits per heavy atom. The summed E-state index contributed by atoms with van der Waals surface area (Å²) in [5, 5.41) is 16.9. The number of rotatable bonds is 7. The molecule has 0 rings (SSSR count). The first-order valence-electron chi connectivity index (χ1n) is 3.76. The van der Waals surface area contributed by atoms with Crippen LogP contribution in [-0.2, 0) is 9.47 Å². The number of hydrogen-bond acceptors (Lipinski definition) is 5. The third-order valence-electron chi connectivity index (χ3n) is 1.27. The van der Waals surface area contributed by atoms with Gasteiger partial charge in [-0.3, -0.25) is 0 Å². The van der Waals surface area contributed by atoms with Crippen LogP contribution in [0.1, 0.15) is 0 Å². The van der Waals surface area contributed by atoms with Crippen LogP contribution in [0.2, 0.25) is 0 Å². The highest BCUT2D eigenvalue weighted by Crippen LogP contribution is 1.94. The van der Waals surface area contributed by atoms with E-state index in [-0.39, 0.29) is 26.3 Å². The van der Waals surface area contributed by atoms with Crippen LogP contribution < -0.4 is 0 Å². The van der Waals surface area contributed by atoms with Gasteiger partial charge in [-0.15, -0.1) is 0 Å². The Bertz CT molecular complexity index is 99.4. The molecular formula is C7H17NO4. The lowest BCUT2D eigenvalue weighted by atomic mass is 10.3. The second-order valence-electron chi connectivity index (χ2n) is 2.68. The average Bonchev–Trinajstić information content (AvgIpc) is 2.00. The van der Waals surface area contributed by atoms with Gasteiger partial charge in [-0.25, -0.2) is 0 Å². The molecule has 74 valence electrons. The highest BCUT2D eigenvalue weighted by molar-refractivity contribution is 4.58. The van der Waals surface area contributed by atoms with E-state index in [4.69, 9.17) is 19.7 Å². The number of aliphatic hydroxyl groups excluding tert-OH is 2. The van der Waals surface area contributed by atoms with Gasteiger partial charge in [0.2, 0.25) is 0 Å². The molecule has 5 heteroatoms. The van der Waals surface area contributed by atoms with E-state index < -0.39 is 0 Å². The van der Waals surface area contributed by atoms with E-state index in [0.717, 1.165) is 0 Å². The molecule has 0 aromatic heterocycles. The summed E-state index contributed by atoms with van der Waals surface area (Å²) in [4.78, 5) is 1.92. The lowest BCUT2D eigenvalue weighted by molar-refractivity contribution is -0.108. The van der Waals surface area contributed by atoms with Crippen LogP contribution in [0.25, 0.3) is 0 Å². The van der Waals surface area contributed by atoms with Gasteiger partial charge in [0.1, 0.15) is 13.6 Å². The summed E-state index contributed by atoms with van der Waals surface area (Å²) in [6.07, 6.45) is -0.197. The minimum atomic E-state index is -0.326. The van der Waals surface area contributed by atoms with Crippen molar-refractivity contribution in [2.75, 3.05) is 40.8 Å². The molecule has 0 spiro atoms. The van der Waals surface area contributed by atoms with Gasteiger partial charge in [0.25, 0.3) is 0 Å². The quantitative estimate of drug-likeness (QED) is 0.483. The normalized spacial score (nSPS) is 13.8. The van der Waals surface area contributed by atoms with Crippen molar-refractivity contribution in [3.05, 3.63) is 0 Å². The molecule has 0 aliphatic heterocycles. The van der Waals surface area contributed by atoms with Gasteiger partial charge in [-0.2, -0.15) is 0 Å². The SMILES string of the molecule is CN(C)CC(COCO)OCO. The Kier molecular flexibility index (Phi) is 7.33. The summed E-state index contributed by atoms with van der Waals surface area (Å²) in [7, 11) is 3.79. The monoisotopic (exact) mass is 179 g/mol. The number of aliphatic hydroxyl groups is 2. The molecule has 0 aliphatic rings.